The quantitative estimate of drug-likeness (QED) is 0.720. The van der Waals surface area contributed by atoms with Crippen molar-refractivity contribution in [3.8, 4) is 0 Å². The third-order valence-corrected chi connectivity index (χ3v) is 6.25. The number of rotatable bonds is 5. The third-order valence-electron chi connectivity index (χ3n) is 4.47. The summed E-state index contributed by atoms with van der Waals surface area (Å²) < 4.78 is 0.862. The number of hydrogen-bond acceptors (Lipinski definition) is 5. The number of thioether (sulfide) groups is 1. The zero-order valence-corrected chi connectivity index (χ0v) is 15.5. The molecule has 8 heteroatoms. The maximum atomic E-state index is 12.3. The Hall–Kier alpha value is -1.38. The number of carboxylic acid groups (broad SMARTS) is 1. The van der Waals surface area contributed by atoms with Crippen LogP contribution in [0.15, 0.2) is 33.5 Å². The molecule has 1 saturated heterocycles. The van der Waals surface area contributed by atoms with E-state index in [-0.39, 0.29) is 23.6 Å². The molecule has 24 heavy (non-hydrogen) atoms. The van der Waals surface area contributed by atoms with Crippen LogP contribution >= 0.6 is 27.7 Å². The molecular weight excluding hydrogens is 396 g/mol. The van der Waals surface area contributed by atoms with Gasteiger partial charge in [-0.15, -0.1) is 11.8 Å². The summed E-state index contributed by atoms with van der Waals surface area (Å²) in [5.74, 6) is -1.48. The first kappa shape index (κ1) is 17.4. The van der Waals surface area contributed by atoms with Gasteiger partial charge in [0.2, 0.25) is 5.91 Å². The molecule has 0 saturated carbocycles. The van der Waals surface area contributed by atoms with E-state index in [4.69, 9.17) is 0 Å². The van der Waals surface area contributed by atoms with Crippen molar-refractivity contribution in [2.45, 2.75) is 31.7 Å². The summed E-state index contributed by atoms with van der Waals surface area (Å²) >= 11 is 4.78. The van der Waals surface area contributed by atoms with Crippen LogP contribution in [0.2, 0.25) is 0 Å². The van der Waals surface area contributed by atoms with Crippen molar-refractivity contribution in [3.63, 3.8) is 0 Å². The second kappa shape index (κ2) is 6.50. The first-order valence-corrected chi connectivity index (χ1v) is 9.31. The van der Waals surface area contributed by atoms with Crippen LogP contribution in [0.4, 0.5) is 0 Å². The number of carbonyl (C=O) groups is 2. The van der Waals surface area contributed by atoms with Crippen LogP contribution in [0, 0.1) is 11.8 Å². The molecule has 1 aromatic rings. The van der Waals surface area contributed by atoms with Gasteiger partial charge in [-0.1, -0.05) is 6.92 Å². The number of nitrogens with zero attached hydrogens (tertiary/aromatic N) is 2. The molecule has 2 aliphatic heterocycles. The van der Waals surface area contributed by atoms with Crippen LogP contribution in [-0.4, -0.2) is 44.1 Å². The molecule has 0 unspecified atom stereocenters. The highest BCUT2D eigenvalue weighted by atomic mass is 79.9. The summed E-state index contributed by atoms with van der Waals surface area (Å²) in [5.41, 5.74) is 1.02. The zero-order valence-electron chi connectivity index (χ0n) is 13.1. The Labute approximate surface area is 152 Å². The van der Waals surface area contributed by atoms with E-state index >= 15 is 0 Å². The van der Waals surface area contributed by atoms with Crippen molar-refractivity contribution >= 4 is 39.6 Å². The molecule has 4 atom stereocenters. The Bertz CT molecular complexity index is 737. The second-order valence-electron chi connectivity index (χ2n) is 6.07. The highest BCUT2D eigenvalue weighted by Crippen LogP contribution is 2.50. The number of carboxylic acids is 1. The predicted octanol–water partition coefficient (Wildman–Crippen LogP) is 2.23. The lowest BCUT2D eigenvalue weighted by Crippen LogP contribution is -2.63. The van der Waals surface area contributed by atoms with Crippen molar-refractivity contribution in [2.75, 3.05) is 0 Å². The molecule has 1 amide bonds. The lowest BCUT2D eigenvalue weighted by molar-refractivity contribution is -0.163. The van der Waals surface area contributed by atoms with Gasteiger partial charge < -0.3 is 15.1 Å². The lowest BCUT2D eigenvalue weighted by Gasteiger charge is -2.46. The van der Waals surface area contributed by atoms with E-state index in [1.54, 1.807) is 19.3 Å². The van der Waals surface area contributed by atoms with Gasteiger partial charge in [-0.25, -0.2) is 4.79 Å². The molecule has 128 valence electrons. The number of aromatic nitrogens is 1. The predicted molar refractivity (Wildman–Crippen MR) is 92.9 cm³/mol. The number of amides is 1. The third kappa shape index (κ3) is 2.76. The number of fused-ring (bicyclic) bond motifs is 1. The van der Waals surface area contributed by atoms with Crippen LogP contribution in [0.3, 0.4) is 0 Å². The van der Waals surface area contributed by atoms with Gasteiger partial charge in [0.25, 0.3) is 0 Å². The largest absolute Gasteiger partial charge is 0.477 e. The fourth-order valence-corrected chi connectivity index (χ4v) is 5.03. The number of halogens is 1. The number of pyridine rings is 1. The smallest absolute Gasteiger partial charge is 0.353 e. The van der Waals surface area contributed by atoms with E-state index in [2.05, 4.69) is 20.9 Å². The molecule has 2 N–H and O–H groups in total. The summed E-state index contributed by atoms with van der Waals surface area (Å²) in [6, 6.07) is 1.66. The van der Waals surface area contributed by atoms with Crippen LogP contribution in [0.5, 0.6) is 0 Å². The Balaban J connectivity index is 1.85. The van der Waals surface area contributed by atoms with E-state index in [0.717, 1.165) is 10.0 Å². The van der Waals surface area contributed by atoms with E-state index in [1.807, 2.05) is 13.0 Å². The monoisotopic (exact) mass is 412 g/mol. The molecule has 0 bridgehead atoms. The van der Waals surface area contributed by atoms with Crippen molar-refractivity contribution in [3.05, 3.63) is 39.1 Å². The molecule has 3 heterocycles. The van der Waals surface area contributed by atoms with Gasteiger partial charge in [0.05, 0.1) is 18.1 Å². The average Bonchev–Trinajstić information content (AvgIpc) is 2.74. The second-order valence-corrected chi connectivity index (χ2v) is 8.00. The van der Waals surface area contributed by atoms with Crippen molar-refractivity contribution in [2.24, 2.45) is 11.8 Å². The molecule has 0 spiro atoms. The van der Waals surface area contributed by atoms with Crippen molar-refractivity contribution in [1.82, 2.24) is 9.88 Å². The highest BCUT2D eigenvalue weighted by Gasteiger charge is 2.59. The molecule has 0 aliphatic carbocycles. The lowest BCUT2D eigenvalue weighted by atomic mass is 9.79. The summed E-state index contributed by atoms with van der Waals surface area (Å²) in [5, 5.41) is 19.4. The molecule has 1 aromatic heterocycles. The Morgan fingerprint density at radius 2 is 2.21 bits per heavy atom. The van der Waals surface area contributed by atoms with Crippen LogP contribution in [-0.2, 0) is 15.3 Å². The molecule has 6 nitrogen and oxygen atoms in total. The summed E-state index contributed by atoms with van der Waals surface area (Å²) in [6.45, 7) is 3.49. The topological polar surface area (TPSA) is 90.7 Å². The SMILES string of the molecule is C[C@@H](O)[C@H]1C(=O)N2C(C(=O)O)=C(SCc3cncc(Br)c3)[C@H](C)[C@@H]12. The van der Waals surface area contributed by atoms with Gasteiger partial charge in [0.1, 0.15) is 5.70 Å². The number of aliphatic hydroxyl groups is 1. The molecule has 2 aliphatic rings. The zero-order chi connectivity index (χ0) is 17.6. The van der Waals surface area contributed by atoms with Gasteiger partial charge in [-0.3, -0.25) is 9.78 Å². The minimum atomic E-state index is -1.10. The van der Waals surface area contributed by atoms with E-state index in [9.17, 15) is 19.8 Å². The summed E-state index contributed by atoms with van der Waals surface area (Å²) in [7, 11) is 0. The Morgan fingerprint density at radius 3 is 2.79 bits per heavy atom. The van der Waals surface area contributed by atoms with Gasteiger partial charge >= 0.3 is 5.97 Å². The van der Waals surface area contributed by atoms with Gasteiger partial charge in [-0.2, -0.15) is 0 Å². The molecule has 0 aromatic carbocycles. The van der Waals surface area contributed by atoms with Crippen LogP contribution in [0.1, 0.15) is 19.4 Å². The number of β-lactam (4-membered cyclic amide) rings is 1. The first-order chi connectivity index (χ1) is 11.3. The van der Waals surface area contributed by atoms with E-state index in [1.165, 1.54) is 16.7 Å². The molecule has 3 rings (SSSR count). The van der Waals surface area contributed by atoms with Crippen molar-refractivity contribution in [1.29, 1.82) is 0 Å². The Kier molecular flexibility index (Phi) is 4.72. The maximum absolute atomic E-state index is 12.3. The number of aliphatic hydroxyl groups excluding tert-OH is 1. The number of carbonyl (C=O) groups excluding carboxylic acids is 1. The number of aliphatic carboxylic acids is 1. The van der Waals surface area contributed by atoms with Gasteiger partial charge in [0.15, 0.2) is 0 Å². The standard InChI is InChI=1S/C16H17BrN2O4S/c1-7-12-11(8(2)20)15(21)19(12)13(16(22)23)14(7)24-6-9-3-10(17)5-18-4-9/h3-5,7-8,11-12,20H,6H2,1-2H3,(H,22,23)/t7-,8-,11-,12+/m1/s1. The summed E-state index contributed by atoms with van der Waals surface area (Å²) in [6.07, 6.45) is 2.64. The first-order valence-electron chi connectivity index (χ1n) is 7.53. The van der Waals surface area contributed by atoms with E-state index in [0.29, 0.717) is 10.7 Å². The fraction of sp³-hybridized carbons (Fsp3) is 0.438. The minimum Gasteiger partial charge on any atom is -0.477 e. The minimum absolute atomic E-state index is 0.0577. The van der Waals surface area contributed by atoms with E-state index < -0.39 is 18.0 Å². The summed E-state index contributed by atoms with van der Waals surface area (Å²) in [4.78, 5) is 30.1. The highest BCUT2D eigenvalue weighted by molar-refractivity contribution is 9.10. The Morgan fingerprint density at radius 1 is 1.50 bits per heavy atom. The molecular formula is C16H17BrN2O4S. The number of hydrogen-bond donors (Lipinski definition) is 2. The average molecular weight is 413 g/mol. The maximum Gasteiger partial charge on any atom is 0.353 e. The molecule has 0 radical (unpaired) electrons. The van der Waals surface area contributed by atoms with Crippen LogP contribution < -0.4 is 0 Å². The van der Waals surface area contributed by atoms with Crippen molar-refractivity contribution < 1.29 is 19.8 Å². The van der Waals surface area contributed by atoms with Crippen LogP contribution in [0.25, 0.3) is 0 Å². The fourth-order valence-electron chi connectivity index (χ4n) is 3.41. The molecule has 1 fully saturated rings. The van der Waals surface area contributed by atoms with Gasteiger partial charge in [-0.05, 0) is 34.5 Å². The normalized spacial score (nSPS) is 27.1. The van der Waals surface area contributed by atoms with Gasteiger partial charge in [0, 0.05) is 33.4 Å².